The number of hydrogen-bond donors (Lipinski definition) is 7. The van der Waals surface area contributed by atoms with Crippen molar-refractivity contribution in [3.8, 4) is 46.0 Å². The Balaban J connectivity index is 1.34. The van der Waals surface area contributed by atoms with E-state index >= 15 is 5.11 Å². The van der Waals surface area contributed by atoms with Crippen LogP contribution in [0, 0.1) is 0 Å². The summed E-state index contributed by atoms with van der Waals surface area (Å²) < 4.78 is 0. The molecule has 8 heteroatoms. The molecule has 0 atom stereocenters. The van der Waals surface area contributed by atoms with E-state index < -0.39 is 5.41 Å². The topological polar surface area (TPSA) is 165 Å². The predicted octanol–water partition coefficient (Wildman–Crippen LogP) is 20.1. The van der Waals surface area contributed by atoms with Crippen LogP contribution in [0.1, 0.15) is 300 Å². The molecule has 96 heavy (non-hydrogen) atoms. The number of phenols is 7. The fourth-order valence-electron chi connectivity index (χ4n) is 13.3. The fourth-order valence-corrected chi connectivity index (χ4v) is 13.3. The smallest absolute Gasteiger partial charge is 0.122 e. The van der Waals surface area contributed by atoms with Crippen molar-refractivity contribution in [2.45, 2.75) is 261 Å². The Morgan fingerprint density at radius 1 is 0.177 bits per heavy atom. The van der Waals surface area contributed by atoms with Gasteiger partial charge in [-0.2, -0.15) is 0 Å². The van der Waals surface area contributed by atoms with Crippen LogP contribution in [0.2, 0.25) is 0 Å². The second-order valence-electron chi connectivity index (χ2n) is 36.5. The average Bonchev–Trinajstić information content (AvgIpc) is 0.783. The molecular formula is C88H111O8-. The first-order valence-corrected chi connectivity index (χ1v) is 34.7. The molecule has 0 saturated carbocycles. The monoisotopic (exact) mass is 1300 g/mol. The van der Waals surface area contributed by atoms with Gasteiger partial charge in [-0.25, -0.2) is 0 Å². The predicted molar refractivity (Wildman–Crippen MR) is 395 cm³/mol. The zero-order valence-electron chi connectivity index (χ0n) is 62.4. The first kappa shape index (κ1) is 72.4. The van der Waals surface area contributed by atoms with E-state index in [9.17, 15) is 35.7 Å². The van der Waals surface area contributed by atoms with E-state index in [0.717, 1.165) is 44.5 Å². The maximum absolute atomic E-state index is 15.5. The van der Waals surface area contributed by atoms with Crippen molar-refractivity contribution in [3.05, 3.63) is 231 Å². The molecule has 8 aromatic carbocycles. The van der Waals surface area contributed by atoms with Gasteiger partial charge in [0.05, 0.1) is 0 Å². The lowest BCUT2D eigenvalue weighted by Crippen LogP contribution is -2.16. The second kappa shape index (κ2) is 25.2. The van der Waals surface area contributed by atoms with Crippen LogP contribution >= 0.6 is 0 Å². The Morgan fingerprint density at radius 2 is 0.260 bits per heavy atom. The molecule has 0 heterocycles. The van der Waals surface area contributed by atoms with Crippen LogP contribution < -0.4 is 5.11 Å². The number of phenolic OH excluding ortho intramolecular Hbond substituents is 7. The van der Waals surface area contributed by atoms with Gasteiger partial charge in [0.2, 0.25) is 0 Å². The van der Waals surface area contributed by atoms with E-state index in [0.29, 0.717) is 89.0 Å². The highest BCUT2D eigenvalue weighted by molar-refractivity contribution is 5.62. The van der Waals surface area contributed by atoms with Gasteiger partial charge in [-0.05, 0) is 166 Å². The Labute approximate surface area is 575 Å². The standard InChI is InChI=1S/C88H112O8/c1-81(2,3)65-33-49-25-51-35-66(82(4,5)6)37-53(74(51)90)27-55-39-68(84(10,11)12)41-57(76(55)92)29-59-43-70(86(16,17)18)45-61(78(59)94)31-63-47-72(88(22,23)24)48-64(80(63)96)32-62-46-71(87(19,20)21)44-60(79(62)95)30-58-42-69(85(13,14)15)40-56(77(58)93)28-54-38-67(83(7,8)9)36-52(75(54)91)26-50(34-65)73(49)89/h33-48,89-96H,25-32H2,1-24H3/p-1. The van der Waals surface area contributed by atoms with Gasteiger partial charge in [-0.1, -0.05) is 274 Å². The number of rotatable bonds is 0. The normalized spacial score (nSPS) is 14.2. The van der Waals surface area contributed by atoms with Gasteiger partial charge in [0, 0.05) is 51.4 Å². The van der Waals surface area contributed by atoms with Crippen molar-refractivity contribution in [1.82, 2.24) is 0 Å². The Bertz CT molecular complexity index is 3300. The number of benzene rings is 8. The number of hydrogen-bond acceptors (Lipinski definition) is 8. The third kappa shape index (κ3) is 15.6. The Kier molecular flexibility index (Phi) is 19.0. The van der Waals surface area contributed by atoms with Crippen LogP contribution in [0.3, 0.4) is 0 Å². The van der Waals surface area contributed by atoms with Gasteiger partial charge in [-0.15, -0.1) is 5.75 Å². The summed E-state index contributed by atoms with van der Waals surface area (Å²) in [5.74, 6) is 0.232. The lowest BCUT2D eigenvalue weighted by atomic mass is 9.79. The SMILES string of the molecule is CC(C)(C)c1cc2c([O-])c(c1)Cc1cc(C(C)(C)C)cc(c1O)Cc1cc(C(C)(C)C)cc(c1O)Cc1cc(C(C)(C)C)cc(c1O)Cc1cc(C(C)(C)C)cc(c1O)Cc1cc(C(C)(C)C)cc(c1O)Cc1cc(C(C)(C)C)cc(c1O)Cc1cc(C(C)(C)C)cc(c1O)C2. The summed E-state index contributed by atoms with van der Waals surface area (Å²) >= 11 is 0. The summed E-state index contributed by atoms with van der Waals surface area (Å²) in [4.78, 5) is 0. The van der Waals surface area contributed by atoms with Crippen LogP contribution in [0.5, 0.6) is 46.0 Å². The van der Waals surface area contributed by atoms with E-state index in [4.69, 9.17) is 0 Å². The van der Waals surface area contributed by atoms with E-state index in [1.54, 1.807) is 0 Å². The summed E-state index contributed by atoms with van der Waals surface area (Å²) in [6, 6.07) is 32.3. The van der Waals surface area contributed by atoms with Crippen molar-refractivity contribution < 1.29 is 40.9 Å². The molecule has 0 amide bonds. The van der Waals surface area contributed by atoms with Gasteiger partial charge in [0.15, 0.2) is 0 Å². The van der Waals surface area contributed by atoms with Gasteiger partial charge in [0.25, 0.3) is 0 Å². The van der Waals surface area contributed by atoms with Crippen LogP contribution in [-0.4, -0.2) is 35.7 Å². The van der Waals surface area contributed by atoms with Crippen LogP contribution in [-0.2, 0) is 94.7 Å². The maximum atomic E-state index is 15.5. The molecule has 9 rings (SSSR count). The molecule has 0 aliphatic heterocycles. The highest BCUT2D eigenvalue weighted by Gasteiger charge is 2.31. The van der Waals surface area contributed by atoms with Crippen molar-refractivity contribution in [3.63, 3.8) is 0 Å². The summed E-state index contributed by atoms with van der Waals surface area (Å²) in [6.07, 6.45) is 1.27. The molecule has 512 valence electrons. The van der Waals surface area contributed by atoms with E-state index in [1.807, 2.05) is 97.1 Å². The largest absolute Gasteiger partial charge is 0.872 e. The van der Waals surface area contributed by atoms with Crippen molar-refractivity contribution >= 4 is 0 Å². The van der Waals surface area contributed by atoms with Crippen molar-refractivity contribution in [2.24, 2.45) is 0 Å². The fraction of sp³-hybridized carbons (Fsp3) is 0.455. The lowest BCUT2D eigenvalue weighted by Gasteiger charge is -2.28. The summed E-state index contributed by atoms with van der Waals surface area (Å²) in [5, 5.41) is 105. The molecular weight excluding hydrogens is 1180 g/mol. The Morgan fingerprint density at radius 3 is 0.354 bits per heavy atom. The highest BCUT2D eigenvalue weighted by atomic mass is 16.3. The summed E-state index contributed by atoms with van der Waals surface area (Å²) in [6.45, 7) is 51.2. The third-order valence-electron chi connectivity index (χ3n) is 20.1. The molecule has 8 nitrogen and oxygen atoms in total. The first-order valence-electron chi connectivity index (χ1n) is 34.7. The molecule has 0 spiro atoms. The second-order valence-corrected chi connectivity index (χ2v) is 36.5. The van der Waals surface area contributed by atoms with Crippen molar-refractivity contribution in [2.75, 3.05) is 0 Å². The average molecular weight is 1300 g/mol. The van der Waals surface area contributed by atoms with E-state index in [2.05, 4.69) is 166 Å². The molecule has 0 fully saturated rings. The summed E-state index contributed by atoms with van der Waals surface area (Å²) in [7, 11) is 0. The van der Waals surface area contributed by atoms with E-state index in [-0.39, 0.29) is 135 Å². The van der Waals surface area contributed by atoms with E-state index in [1.165, 1.54) is 0 Å². The zero-order chi connectivity index (χ0) is 71.4. The van der Waals surface area contributed by atoms with Gasteiger partial charge >= 0.3 is 0 Å². The molecule has 0 radical (unpaired) electrons. The molecule has 16 bridgehead atoms. The zero-order valence-corrected chi connectivity index (χ0v) is 62.4. The van der Waals surface area contributed by atoms with Crippen LogP contribution in [0.25, 0.3) is 0 Å². The van der Waals surface area contributed by atoms with Gasteiger partial charge < -0.3 is 40.9 Å². The Hall–Kier alpha value is -7.84. The van der Waals surface area contributed by atoms with Gasteiger partial charge in [-0.3, -0.25) is 0 Å². The minimum Gasteiger partial charge on any atom is -0.872 e. The van der Waals surface area contributed by atoms with Crippen LogP contribution in [0.15, 0.2) is 97.1 Å². The highest BCUT2D eigenvalue weighted by Crippen LogP contribution is 2.47. The van der Waals surface area contributed by atoms with Gasteiger partial charge in [0.1, 0.15) is 40.2 Å². The minimum absolute atomic E-state index is 0.0435. The first-order chi connectivity index (χ1) is 43.9. The molecule has 8 aromatic rings. The molecule has 1 aliphatic carbocycles. The molecule has 0 saturated heterocycles. The number of fused-ring (bicyclic) bond motifs is 16. The molecule has 1 aliphatic rings. The third-order valence-corrected chi connectivity index (χ3v) is 20.1. The minimum atomic E-state index is -0.391. The molecule has 0 aromatic heterocycles. The summed E-state index contributed by atoms with van der Waals surface area (Å²) in [5.41, 5.74) is 14.3. The van der Waals surface area contributed by atoms with Crippen molar-refractivity contribution in [1.29, 1.82) is 0 Å². The molecule has 7 N–H and O–H groups in total. The molecule has 0 unspecified atom stereocenters. The lowest BCUT2D eigenvalue weighted by molar-refractivity contribution is -0.270. The van der Waals surface area contributed by atoms with Crippen LogP contribution in [0.4, 0.5) is 0 Å². The quantitative estimate of drug-likeness (QED) is 0.0789. The number of aromatic hydroxyl groups is 7. The maximum Gasteiger partial charge on any atom is 0.122 e.